The number of pyridine rings is 1. The number of hydrogen-bond acceptors (Lipinski definition) is 4. The van der Waals surface area contributed by atoms with Crippen LogP contribution in [0.5, 0.6) is 0 Å². The van der Waals surface area contributed by atoms with Gasteiger partial charge in [0, 0.05) is 32.7 Å². The van der Waals surface area contributed by atoms with Crippen LogP contribution in [0.2, 0.25) is 0 Å². The number of hydrogen-bond donors (Lipinski definition) is 1. The summed E-state index contributed by atoms with van der Waals surface area (Å²) in [5.41, 5.74) is 0.192. The molecule has 7 heteroatoms. The molecule has 23 heavy (non-hydrogen) atoms. The van der Waals surface area contributed by atoms with Crippen molar-refractivity contribution in [1.82, 2.24) is 19.9 Å². The first-order chi connectivity index (χ1) is 11.1. The molecule has 1 aliphatic heterocycles. The Morgan fingerprint density at radius 2 is 2.17 bits per heavy atom. The highest BCUT2D eigenvalue weighted by atomic mass is 19.1. The maximum atomic E-state index is 13.0. The third-order valence-corrected chi connectivity index (χ3v) is 4.12. The molecule has 3 rings (SSSR count). The minimum absolute atomic E-state index is 0.192. The fraction of sp³-hybridized carbons (Fsp3) is 0.438. The van der Waals surface area contributed by atoms with Crippen LogP contribution < -0.4 is 5.32 Å². The fourth-order valence-corrected chi connectivity index (χ4v) is 2.84. The smallest absolute Gasteiger partial charge is 0.270 e. The molecule has 0 spiro atoms. The minimum Gasteiger partial charge on any atom is -0.381 e. The number of amides is 1. The summed E-state index contributed by atoms with van der Waals surface area (Å²) in [6.45, 7) is 1.35. The quantitative estimate of drug-likeness (QED) is 0.934. The normalized spacial score (nSPS) is 17.0. The minimum atomic E-state index is -0.466. The first-order valence-corrected chi connectivity index (χ1v) is 7.62. The lowest BCUT2D eigenvalue weighted by molar-refractivity contribution is 0.0498. The molecule has 2 aromatic heterocycles. The Labute approximate surface area is 133 Å². The van der Waals surface area contributed by atoms with E-state index >= 15 is 0 Å². The maximum absolute atomic E-state index is 13.0. The Kier molecular flexibility index (Phi) is 4.66. The molecule has 1 amide bonds. The third-order valence-electron chi connectivity index (χ3n) is 4.12. The highest BCUT2D eigenvalue weighted by Crippen LogP contribution is 2.29. The maximum Gasteiger partial charge on any atom is 0.270 e. The molecule has 0 aliphatic carbocycles. The van der Waals surface area contributed by atoms with Crippen LogP contribution in [-0.4, -0.2) is 33.7 Å². The van der Waals surface area contributed by atoms with E-state index in [1.165, 1.54) is 12.1 Å². The predicted octanol–water partition coefficient (Wildman–Crippen LogP) is 1.85. The van der Waals surface area contributed by atoms with Gasteiger partial charge in [0.15, 0.2) is 0 Å². The average molecular weight is 318 g/mol. The zero-order chi connectivity index (χ0) is 16.2. The molecular weight excluding hydrogens is 299 g/mol. The first-order valence-electron chi connectivity index (χ1n) is 7.62. The van der Waals surface area contributed by atoms with Crippen molar-refractivity contribution in [3.05, 3.63) is 48.1 Å². The van der Waals surface area contributed by atoms with E-state index in [-0.39, 0.29) is 23.6 Å². The zero-order valence-corrected chi connectivity index (χ0v) is 12.9. The van der Waals surface area contributed by atoms with E-state index in [2.05, 4.69) is 15.3 Å². The predicted molar refractivity (Wildman–Crippen MR) is 81.2 cm³/mol. The average Bonchev–Trinajstić information content (AvgIpc) is 2.99. The SMILES string of the molecule is Cn1ccnc1[C@@H](NC(=O)c1ccc(F)cn1)C1CCOCC1. The van der Waals surface area contributed by atoms with Crippen LogP contribution in [0.1, 0.15) is 35.2 Å². The van der Waals surface area contributed by atoms with Gasteiger partial charge >= 0.3 is 0 Å². The van der Waals surface area contributed by atoms with Crippen LogP contribution in [0, 0.1) is 11.7 Å². The Balaban J connectivity index is 1.82. The Hall–Kier alpha value is -2.28. The van der Waals surface area contributed by atoms with Gasteiger partial charge < -0.3 is 14.6 Å². The zero-order valence-electron chi connectivity index (χ0n) is 12.9. The monoisotopic (exact) mass is 318 g/mol. The number of nitrogens with zero attached hydrogens (tertiary/aromatic N) is 3. The van der Waals surface area contributed by atoms with Crippen molar-refractivity contribution in [2.45, 2.75) is 18.9 Å². The molecule has 1 aliphatic rings. The van der Waals surface area contributed by atoms with E-state index in [9.17, 15) is 9.18 Å². The van der Waals surface area contributed by atoms with Gasteiger partial charge in [-0.2, -0.15) is 0 Å². The highest BCUT2D eigenvalue weighted by molar-refractivity contribution is 5.92. The largest absolute Gasteiger partial charge is 0.381 e. The molecule has 1 N–H and O–H groups in total. The summed E-state index contributed by atoms with van der Waals surface area (Å²) in [5.74, 6) is 0.248. The van der Waals surface area contributed by atoms with Crippen LogP contribution >= 0.6 is 0 Å². The van der Waals surface area contributed by atoms with Crippen molar-refractivity contribution in [3.8, 4) is 0 Å². The Morgan fingerprint density at radius 3 is 2.78 bits per heavy atom. The van der Waals surface area contributed by atoms with E-state index < -0.39 is 5.82 Å². The van der Waals surface area contributed by atoms with Gasteiger partial charge in [0.25, 0.3) is 5.91 Å². The number of nitrogens with one attached hydrogen (secondary N) is 1. The first kappa shape index (κ1) is 15.6. The molecule has 0 saturated carbocycles. The lowest BCUT2D eigenvalue weighted by Gasteiger charge is -2.30. The van der Waals surface area contributed by atoms with Gasteiger partial charge in [-0.05, 0) is 30.9 Å². The molecule has 0 aromatic carbocycles. The van der Waals surface area contributed by atoms with E-state index in [4.69, 9.17) is 4.74 Å². The molecule has 1 atom stereocenters. The van der Waals surface area contributed by atoms with Crippen molar-refractivity contribution in [1.29, 1.82) is 0 Å². The lowest BCUT2D eigenvalue weighted by atomic mass is 9.91. The van der Waals surface area contributed by atoms with E-state index in [0.717, 1.165) is 24.9 Å². The fourth-order valence-electron chi connectivity index (χ4n) is 2.84. The standard InChI is InChI=1S/C16H19FN4O2/c1-21-7-6-18-15(21)14(11-4-8-23-9-5-11)20-16(22)13-3-2-12(17)10-19-13/h2-3,6-7,10-11,14H,4-5,8-9H2,1H3,(H,20,22)/t14-/m0/s1. The summed E-state index contributed by atoms with van der Waals surface area (Å²) >= 11 is 0. The molecule has 1 fully saturated rings. The van der Waals surface area contributed by atoms with Crippen molar-refractivity contribution in [2.24, 2.45) is 13.0 Å². The van der Waals surface area contributed by atoms with Gasteiger partial charge in [-0.25, -0.2) is 14.4 Å². The number of rotatable bonds is 4. The summed E-state index contributed by atoms with van der Waals surface area (Å²) < 4.78 is 20.3. The second-order valence-corrected chi connectivity index (χ2v) is 5.66. The van der Waals surface area contributed by atoms with Crippen LogP contribution in [0.15, 0.2) is 30.7 Å². The van der Waals surface area contributed by atoms with Gasteiger partial charge in [0.2, 0.25) is 0 Å². The van der Waals surface area contributed by atoms with Crippen molar-refractivity contribution >= 4 is 5.91 Å². The van der Waals surface area contributed by atoms with Gasteiger partial charge in [0.05, 0.1) is 12.2 Å². The number of carbonyl (C=O) groups excluding carboxylic acids is 1. The van der Waals surface area contributed by atoms with Crippen LogP contribution in [0.4, 0.5) is 4.39 Å². The number of aromatic nitrogens is 3. The number of ether oxygens (including phenoxy) is 1. The molecule has 3 heterocycles. The molecule has 122 valence electrons. The van der Waals surface area contributed by atoms with E-state index in [1.54, 1.807) is 6.20 Å². The molecule has 0 bridgehead atoms. The highest BCUT2D eigenvalue weighted by Gasteiger charge is 2.30. The van der Waals surface area contributed by atoms with E-state index in [1.807, 2.05) is 17.8 Å². The van der Waals surface area contributed by atoms with Crippen LogP contribution in [-0.2, 0) is 11.8 Å². The number of halogens is 1. The van der Waals surface area contributed by atoms with Gasteiger partial charge in [0.1, 0.15) is 17.3 Å². The Bertz CT molecular complexity index is 665. The van der Waals surface area contributed by atoms with Crippen molar-refractivity contribution < 1.29 is 13.9 Å². The Morgan fingerprint density at radius 1 is 1.39 bits per heavy atom. The van der Waals surface area contributed by atoms with Gasteiger partial charge in [-0.1, -0.05) is 0 Å². The van der Waals surface area contributed by atoms with Gasteiger partial charge in [-0.3, -0.25) is 4.79 Å². The topological polar surface area (TPSA) is 69.0 Å². The second kappa shape index (κ2) is 6.87. The number of aryl methyl sites for hydroxylation is 1. The van der Waals surface area contributed by atoms with Crippen LogP contribution in [0.3, 0.4) is 0 Å². The number of imidazole rings is 1. The van der Waals surface area contributed by atoms with E-state index in [0.29, 0.717) is 13.2 Å². The van der Waals surface area contributed by atoms with Crippen molar-refractivity contribution in [3.63, 3.8) is 0 Å². The summed E-state index contributed by atoms with van der Waals surface area (Å²) in [6.07, 6.45) is 6.32. The molecule has 1 saturated heterocycles. The van der Waals surface area contributed by atoms with Crippen LogP contribution in [0.25, 0.3) is 0 Å². The number of carbonyl (C=O) groups is 1. The summed E-state index contributed by atoms with van der Waals surface area (Å²) in [4.78, 5) is 20.7. The molecule has 6 nitrogen and oxygen atoms in total. The molecular formula is C16H19FN4O2. The summed E-state index contributed by atoms with van der Waals surface area (Å²) in [5, 5.41) is 3.00. The molecule has 0 radical (unpaired) electrons. The summed E-state index contributed by atoms with van der Waals surface area (Å²) in [6, 6.07) is 2.38. The third kappa shape index (κ3) is 3.56. The molecule has 0 unspecified atom stereocenters. The second-order valence-electron chi connectivity index (χ2n) is 5.66. The van der Waals surface area contributed by atoms with Gasteiger partial charge in [-0.15, -0.1) is 0 Å². The lowest BCUT2D eigenvalue weighted by Crippen LogP contribution is -2.37. The summed E-state index contributed by atoms with van der Waals surface area (Å²) in [7, 11) is 1.90. The van der Waals surface area contributed by atoms with Crippen molar-refractivity contribution in [2.75, 3.05) is 13.2 Å². The molecule has 2 aromatic rings.